The Kier molecular flexibility index (Phi) is 7.54. The molecule has 2 heterocycles. The van der Waals surface area contributed by atoms with Gasteiger partial charge in [-0.05, 0) is 48.9 Å². The summed E-state index contributed by atoms with van der Waals surface area (Å²) >= 11 is 2.57. The molecule has 0 radical (unpaired) electrons. The molecule has 0 unspecified atom stereocenters. The van der Waals surface area contributed by atoms with Gasteiger partial charge in [0.05, 0.1) is 30.8 Å². The molecule has 1 aromatic heterocycles. The summed E-state index contributed by atoms with van der Waals surface area (Å²) in [4.78, 5) is 17.7. The first-order valence-electron chi connectivity index (χ1n) is 10.6. The first-order valence-corrected chi connectivity index (χ1v) is 12.3. The first-order chi connectivity index (χ1) is 16.5. The van der Waals surface area contributed by atoms with E-state index in [1.54, 1.807) is 26.5 Å². The highest BCUT2D eigenvalue weighted by Crippen LogP contribution is 2.42. The average Bonchev–Trinajstić information content (AvgIpc) is 3.46. The molecule has 176 valence electrons. The van der Waals surface area contributed by atoms with Gasteiger partial charge in [-0.15, -0.1) is 11.3 Å². The molecule has 1 N–H and O–H groups in total. The van der Waals surface area contributed by atoms with Crippen molar-refractivity contribution in [1.29, 1.82) is 5.41 Å². The number of ketones is 1. The lowest BCUT2D eigenvalue weighted by atomic mass is 10.0. The van der Waals surface area contributed by atoms with Crippen molar-refractivity contribution in [2.45, 2.75) is 19.4 Å². The second kappa shape index (κ2) is 10.8. The maximum absolute atomic E-state index is 12.9. The van der Waals surface area contributed by atoms with Gasteiger partial charge in [-0.3, -0.25) is 10.2 Å². The minimum absolute atomic E-state index is 0.103. The van der Waals surface area contributed by atoms with E-state index in [9.17, 15) is 4.79 Å². The smallest absolute Gasteiger partial charge is 0.186 e. The number of hydrogen-bond donors (Lipinski definition) is 1. The molecule has 0 aliphatic carbocycles. The fourth-order valence-corrected chi connectivity index (χ4v) is 5.30. The molecule has 1 aliphatic heterocycles. The molecule has 1 fully saturated rings. The second-order valence-corrected chi connectivity index (χ2v) is 9.26. The zero-order chi connectivity index (χ0) is 24.1. The van der Waals surface area contributed by atoms with Crippen molar-refractivity contribution in [2.75, 3.05) is 20.8 Å². The van der Waals surface area contributed by atoms with Crippen LogP contribution in [0.1, 0.15) is 29.0 Å². The molecule has 3 aromatic rings. The van der Waals surface area contributed by atoms with Crippen LogP contribution in [0.4, 0.5) is 0 Å². The van der Waals surface area contributed by atoms with Crippen LogP contribution in [-0.2, 0) is 11.4 Å². The van der Waals surface area contributed by atoms with Gasteiger partial charge in [-0.1, -0.05) is 17.8 Å². The zero-order valence-corrected chi connectivity index (χ0v) is 20.6. The van der Waals surface area contributed by atoms with Crippen molar-refractivity contribution in [1.82, 2.24) is 4.98 Å². The Bertz CT molecular complexity index is 1220. The molecule has 1 atom stereocenters. The summed E-state index contributed by atoms with van der Waals surface area (Å²) in [6, 6.07) is 11.1. The van der Waals surface area contributed by atoms with Gasteiger partial charge in [0.15, 0.2) is 17.3 Å². The van der Waals surface area contributed by atoms with Gasteiger partial charge in [0.25, 0.3) is 0 Å². The summed E-state index contributed by atoms with van der Waals surface area (Å²) in [6.45, 7) is 2.63. The molecule has 4 rings (SSSR count). The van der Waals surface area contributed by atoms with Crippen molar-refractivity contribution in [3.05, 3.63) is 69.0 Å². The molecule has 7 nitrogen and oxygen atoms in total. The fraction of sp³-hybridized carbons (Fsp3) is 0.240. The molecule has 0 amide bonds. The lowest BCUT2D eigenvalue weighted by Gasteiger charge is -2.15. The molecular formula is C25H24N2O5S2. The number of thioether (sulfide) groups is 1. The third-order valence-corrected chi connectivity index (χ3v) is 6.96. The maximum Gasteiger partial charge on any atom is 0.186 e. The normalized spacial score (nSPS) is 16.7. The number of aromatic nitrogens is 1. The van der Waals surface area contributed by atoms with E-state index in [0.717, 1.165) is 11.1 Å². The Morgan fingerprint density at radius 3 is 2.59 bits per heavy atom. The van der Waals surface area contributed by atoms with E-state index in [-0.39, 0.29) is 12.4 Å². The Balaban J connectivity index is 1.55. The molecule has 34 heavy (non-hydrogen) atoms. The molecule has 0 spiro atoms. The van der Waals surface area contributed by atoms with E-state index >= 15 is 0 Å². The van der Waals surface area contributed by atoms with Crippen molar-refractivity contribution < 1.29 is 23.7 Å². The summed E-state index contributed by atoms with van der Waals surface area (Å²) in [7, 11) is 3.22. The van der Waals surface area contributed by atoms with Crippen LogP contribution in [0.2, 0.25) is 0 Å². The number of ether oxygens (including phenoxy) is 4. The topological polar surface area (TPSA) is 90.7 Å². The number of nitrogens with zero attached hydrogens (tertiary/aromatic N) is 1. The number of carbonyl (C=O) groups is 1. The van der Waals surface area contributed by atoms with Crippen molar-refractivity contribution in [3.8, 4) is 23.0 Å². The number of rotatable bonds is 9. The summed E-state index contributed by atoms with van der Waals surface area (Å²) in [5.74, 6) is 1.85. The van der Waals surface area contributed by atoms with E-state index < -0.39 is 5.92 Å². The zero-order valence-electron chi connectivity index (χ0n) is 19.0. The Morgan fingerprint density at radius 1 is 1.06 bits per heavy atom. The standard InChI is InChI=1S/C25H24N2O5S2/c1-4-31-20-11-15(12-21-23(28)22(24(26)34-21)25-27-9-10-33-25)5-7-19(20)32-14-16-13-17(29-2)6-8-18(16)30-3/h5-13,22,26H,4,14H2,1-3H3/b21-12-,26-24?/t22-/m1/s1. The van der Waals surface area contributed by atoms with E-state index in [4.69, 9.17) is 24.4 Å². The molecule has 0 saturated carbocycles. The molecular weight excluding hydrogens is 472 g/mol. The third kappa shape index (κ3) is 5.10. The van der Waals surface area contributed by atoms with Gasteiger partial charge in [-0.25, -0.2) is 4.98 Å². The van der Waals surface area contributed by atoms with Gasteiger partial charge < -0.3 is 18.9 Å². The molecule has 1 aliphatic rings. The number of benzene rings is 2. The maximum atomic E-state index is 12.9. The minimum Gasteiger partial charge on any atom is -0.497 e. The Hall–Kier alpha value is -3.30. The predicted octanol–water partition coefficient (Wildman–Crippen LogP) is 5.56. The summed E-state index contributed by atoms with van der Waals surface area (Å²) in [5.41, 5.74) is 1.63. The monoisotopic (exact) mass is 496 g/mol. The van der Waals surface area contributed by atoms with Crippen molar-refractivity contribution >= 4 is 40.0 Å². The van der Waals surface area contributed by atoms with Crippen LogP contribution < -0.4 is 18.9 Å². The van der Waals surface area contributed by atoms with Crippen LogP contribution in [0.15, 0.2) is 52.9 Å². The van der Waals surface area contributed by atoms with Gasteiger partial charge in [0, 0.05) is 17.1 Å². The van der Waals surface area contributed by atoms with E-state index in [0.29, 0.717) is 44.6 Å². The van der Waals surface area contributed by atoms with Gasteiger partial charge >= 0.3 is 0 Å². The summed E-state index contributed by atoms with van der Waals surface area (Å²) in [6.07, 6.45) is 3.44. The van der Waals surface area contributed by atoms with Crippen LogP contribution >= 0.6 is 23.1 Å². The summed E-state index contributed by atoms with van der Waals surface area (Å²) < 4.78 is 22.6. The Morgan fingerprint density at radius 2 is 1.88 bits per heavy atom. The Labute approximate surface area is 206 Å². The van der Waals surface area contributed by atoms with Crippen LogP contribution in [0.25, 0.3) is 6.08 Å². The van der Waals surface area contributed by atoms with E-state index in [1.165, 1.54) is 23.1 Å². The molecule has 1 saturated heterocycles. The van der Waals surface area contributed by atoms with Crippen LogP contribution in [0.3, 0.4) is 0 Å². The fourth-order valence-electron chi connectivity index (χ4n) is 3.49. The second-order valence-electron chi connectivity index (χ2n) is 7.25. The highest BCUT2D eigenvalue weighted by Gasteiger charge is 2.38. The minimum atomic E-state index is -0.608. The number of hydrogen-bond acceptors (Lipinski definition) is 9. The van der Waals surface area contributed by atoms with Gasteiger partial charge in [0.2, 0.25) is 0 Å². The van der Waals surface area contributed by atoms with Gasteiger partial charge in [0.1, 0.15) is 29.0 Å². The van der Waals surface area contributed by atoms with Crippen LogP contribution in [-0.4, -0.2) is 36.6 Å². The SMILES string of the molecule is CCOc1cc(/C=C2\SC(=N)[C@H](c3nccs3)C2=O)ccc1OCc1cc(OC)ccc1OC. The summed E-state index contributed by atoms with van der Waals surface area (Å²) in [5, 5.41) is 11.0. The highest BCUT2D eigenvalue weighted by atomic mass is 32.2. The average molecular weight is 497 g/mol. The predicted molar refractivity (Wildman–Crippen MR) is 135 cm³/mol. The number of allylic oxidation sites excluding steroid dienone is 1. The lowest BCUT2D eigenvalue weighted by Crippen LogP contribution is -2.11. The largest absolute Gasteiger partial charge is 0.497 e. The number of thiazole rings is 1. The number of carbonyl (C=O) groups excluding carboxylic acids is 1. The number of methoxy groups -OCH3 is 2. The highest BCUT2D eigenvalue weighted by molar-refractivity contribution is 8.19. The molecule has 2 aromatic carbocycles. The quantitative estimate of drug-likeness (QED) is 0.388. The lowest BCUT2D eigenvalue weighted by molar-refractivity contribution is -0.114. The van der Waals surface area contributed by atoms with Gasteiger partial charge in [-0.2, -0.15) is 0 Å². The molecule has 0 bridgehead atoms. The van der Waals surface area contributed by atoms with Crippen molar-refractivity contribution in [3.63, 3.8) is 0 Å². The van der Waals surface area contributed by atoms with E-state index in [2.05, 4.69) is 4.98 Å². The van der Waals surface area contributed by atoms with Crippen molar-refractivity contribution in [2.24, 2.45) is 0 Å². The third-order valence-electron chi connectivity index (χ3n) is 5.12. The van der Waals surface area contributed by atoms with Crippen LogP contribution in [0.5, 0.6) is 23.0 Å². The van der Waals surface area contributed by atoms with E-state index in [1.807, 2.05) is 48.7 Å². The first kappa shape index (κ1) is 23.8. The molecule has 9 heteroatoms. The number of nitrogens with one attached hydrogen (secondary N) is 1. The number of Topliss-reactive ketones (excluding diaryl/α,β-unsaturated/α-hetero) is 1. The van der Waals surface area contributed by atoms with Crippen LogP contribution in [0, 0.1) is 5.41 Å².